The molecule has 3 unspecified atom stereocenters. The number of rotatable bonds is 8. The van der Waals surface area contributed by atoms with Gasteiger partial charge in [0, 0.05) is 23.9 Å². The largest absolute Gasteiger partial charge is 0.375 e. The van der Waals surface area contributed by atoms with E-state index >= 15 is 0 Å². The van der Waals surface area contributed by atoms with Gasteiger partial charge in [-0.2, -0.15) is 0 Å². The predicted molar refractivity (Wildman–Crippen MR) is 75.3 cm³/mol. The highest BCUT2D eigenvalue weighted by atomic mass is 32.1. The van der Waals surface area contributed by atoms with Crippen LogP contribution in [-0.2, 0) is 15.9 Å². The van der Waals surface area contributed by atoms with E-state index in [0.717, 1.165) is 32.5 Å². The molecule has 3 atom stereocenters. The highest BCUT2D eigenvalue weighted by Gasteiger charge is 2.41. The lowest BCUT2D eigenvalue weighted by molar-refractivity contribution is -0.145. The minimum Gasteiger partial charge on any atom is -0.375 e. The standard InChI is InChI=1S/C14H23NO2S/c1-3-7-17-14-12(15-2)10-13(14)16-8-6-11-5-4-9-18-11/h4-5,9,12-15H,3,6-8,10H2,1-2H3. The second kappa shape index (κ2) is 7.24. The second-order valence-electron chi connectivity index (χ2n) is 4.70. The van der Waals surface area contributed by atoms with Crippen molar-refractivity contribution in [2.75, 3.05) is 20.3 Å². The van der Waals surface area contributed by atoms with Crippen LogP contribution in [0, 0.1) is 0 Å². The molecule has 1 saturated carbocycles. The first-order valence-electron chi connectivity index (χ1n) is 6.78. The summed E-state index contributed by atoms with van der Waals surface area (Å²) >= 11 is 1.80. The van der Waals surface area contributed by atoms with Gasteiger partial charge in [-0.05, 0) is 31.3 Å². The van der Waals surface area contributed by atoms with Gasteiger partial charge >= 0.3 is 0 Å². The molecular formula is C14H23NO2S. The van der Waals surface area contributed by atoms with Gasteiger partial charge in [0.1, 0.15) is 0 Å². The molecule has 1 aromatic rings. The van der Waals surface area contributed by atoms with Crippen LogP contribution in [0.4, 0.5) is 0 Å². The first-order chi connectivity index (χ1) is 8.85. The second-order valence-corrected chi connectivity index (χ2v) is 5.74. The van der Waals surface area contributed by atoms with Gasteiger partial charge in [0.25, 0.3) is 0 Å². The van der Waals surface area contributed by atoms with E-state index < -0.39 is 0 Å². The maximum Gasteiger partial charge on any atom is 0.0990 e. The van der Waals surface area contributed by atoms with Crippen molar-refractivity contribution >= 4 is 11.3 Å². The van der Waals surface area contributed by atoms with Crippen LogP contribution < -0.4 is 5.32 Å². The Morgan fingerprint density at radius 3 is 2.94 bits per heavy atom. The highest BCUT2D eigenvalue weighted by molar-refractivity contribution is 7.09. The van der Waals surface area contributed by atoms with Crippen molar-refractivity contribution < 1.29 is 9.47 Å². The zero-order valence-corrected chi connectivity index (χ0v) is 12.0. The van der Waals surface area contributed by atoms with Crippen LogP contribution in [0.15, 0.2) is 17.5 Å². The number of hydrogen-bond acceptors (Lipinski definition) is 4. The third kappa shape index (κ3) is 3.54. The third-order valence-electron chi connectivity index (χ3n) is 3.39. The van der Waals surface area contributed by atoms with Crippen molar-refractivity contribution in [2.24, 2.45) is 0 Å². The summed E-state index contributed by atoms with van der Waals surface area (Å²) in [7, 11) is 1.99. The lowest BCUT2D eigenvalue weighted by Gasteiger charge is -2.43. The smallest absolute Gasteiger partial charge is 0.0990 e. The first kappa shape index (κ1) is 14.0. The Balaban J connectivity index is 1.68. The molecule has 1 heterocycles. The molecule has 3 nitrogen and oxygen atoms in total. The Bertz CT molecular complexity index is 329. The fourth-order valence-corrected chi connectivity index (χ4v) is 2.96. The van der Waals surface area contributed by atoms with E-state index in [4.69, 9.17) is 9.47 Å². The maximum absolute atomic E-state index is 5.93. The fourth-order valence-electron chi connectivity index (χ4n) is 2.27. The summed E-state index contributed by atoms with van der Waals surface area (Å²) in [6.45, 7) is 3.76. The van der Waals surface area contributed by atoms with E-state index in [1.54, 1.807) is 11.3 Å². The molecule has 2 rings (SSSR count). The molecule has 1 aliphatic rings. The molecular weight excluding hydrogens is 246 g/mol. The summed E-state index contributed by atoms with van der Waals surface area (Å²) in [6, 6.07) is 4.72. The van der Waals surface area contributed by atoms with E-state index in [9.17, 15) is 0 Å². The van der Waals surface area contributed by atoms with Crippen LogP contribution in [0.1, 0.15) is 24.6 Å². The van der Waals surface area contributed by atoms with Crippen LogP contribution in [0.2, 0.25) is 0 Å². The number of nitrogens with one attached hydrogen (secondary N) is 1. The van der Waals surface area contributed by atoms with E-state index in [1.807, 2.05) is 7.05 Å². The first-order valence-corrected chi connectivity index (χ1v) is 7.66. The van der Waals surface area contributed by atoms with E-state index in [0.29, 0.717) is 6.04 Å². The van der Waals surface area contributed by atoms with Crippen LogP contribution in [0.3, 0.4) is 0 Å². The predicted octanol–water partition coefficient (Wildman–Crippen LogP) is 2.46. The van der Waals surface area contributed by atoms with Crippen molar-refractivity contribution in [2.45, 2.75) is 44.4 Å². The molecule has 0 aromatic carbocycles. The average molecular weight is 269 g/mol. The summed E-state index contributed by atoms with van der Waals surface area (Å²) < 4.78 is 11.8. The highest BCUT2D eigenvalue weighted by Crippen LogP contribution is 2.27. The topological polar surface area (TPSA) is 30.5 Å². The molecule has 1 aromatic heterocycles. The molecule has 0 radical (unpaired) electrons. The molecule has 0 saturated heterocycles. The monoisotopic (exact) mass is 269 g/mol. The Labute approximate surface area is 113 Å². The lowest BCUT2D eigenvalue weighted by Crippen LogP contribution is -2.59. The molecule has 0 spiro atoms. The minimum atomic E-state index is 0.235. The summed E-state index contributed by atoms with van der Waals surface area (Å²) in [6.07, 6.45) is 3.65. The van der Waals surface area contributed by atoms with Crippen molar-refractivity contribution in [1.29, 1.82) is 0 Å². The number of thiophene rings is 1. The summed E-state index contributed by atoms with van der Waals surface area (Å²) in [5, 5.41) is 5.41. The van der Waals surface area contributed by atoms with Gasteiger partial charge in [-0.1, -0.05) is 13.0 Å². The number of likely N-dealkylation sites (N-methyl/N-ethyl adjacent to an activating group) is 1. The van der Waals surface area contributed by atoms with Crippen molar-refractivity contribution in [1.82, 2.24) is 5.32 Å². The van der Waals surface area contributed by atoms with Crippen LogP contribution in [0.5, 0.6) is 0 Å². The van der Waals surface area contributed by atoms with Crippen molar-refractivity contribution in [3.63, 3.8) is 0 Å². The van der Waals surface area contributed by atoms with Gasteiger partial charge in [-0.25, -0.2) is 0 Å². The Morgan fingerprint density at radius 1 is 1.39 bits per heavy atom. The van der Waals surface area contributed by atoms with E-state index in [1.165, 1.54) is 4.88 Å². The molecule has 102 valence electrons. The van der Waals surface area contributed by atoms with Crippen LogP contribution in [-0.4, -0.2) is 38.5 Å². The zero-order chi connectivity index (χ0) is 12.8. The van der Waals surface area contributed by atoms with Gasteiger partial charge < -0.3 is 14.8 Å². The molecule has 0 amide bonds. The van der Waals surface area contributed by atoms with Gasteiger partial charge in [0.15, 0.2) is 0 Å². The molecule has 18 heavy (non-hydrogen) atoms. The quantitative estimate of drug-likeness (QED) is 0.786. The summed E-state index contributed by atoms with van der Waals surface area (Å²) in [5.74, 6) is 0. The molecule has 1 fully saturated rings. The number of hydrogen-bond donors (Lipinski definition) is 1. The van der Waals surface area contributed by atoms with Gasteiger partial charge in [0.05, 0.1) is 18.8 Å². The Hall–Kier alpha value is -0.420. The van der Waals surface area contributed by atoms with E-state index in [2.05, 4.69) is 29.8 Å². The average Bonchev–Trinajstić information content (AvgIpc) is 2.86. The summed E-state index contributed by atoms with van der Waals surface area (Å²) in [4.78, 5) is 1.39. The molecule has 0 bridgehead atoms. The molecule has 0 aliphatic heterocycles. The normalized spacial score (nSPS) is 27.1. The zero-order valence-electron chi connectivity index (χ0n) is 11.2. The van der Waals surface area contributed by atoms with E-state index in [-0.39, 0.29) is 12.2 Å². The fraction of sp³-hybridized carbons (Fsp3) is 0.714. The van der Waals surface area contributed by atoms with Crippen LogP contribution in [0.25, 0.3) is 0 Å². The number of ether oxygens (including phenoxy) is 2. The van der Waals surface area contributed by atoms with Gasteiger partial charge in [0.2, 0.25) is 0 Å². The van der Waals surface area contributed by atoms with Crippen molar-refractivity contribution in [3.8, 4) is 0 Å². The SMILES string of the molecule is CCCOC1C(NC)CC1OCCc1cccs1. The van der Waals surface area contributed by atoms with Gasteiger partial charge in [-0.15, -0.1) is 11.3 Å². The molecule has 1 N–H and O–H groups in total. The maximum atomic E-state index is 5.93. The third-order valence-corrected chi connectivity index (χ3v) is 4.33. The Kier molecular flexibility index (Phi) is 5.63. The van der Waals surface area contributed by atoms with Crippen LogP contribution >= 0.6 is 11.3 Å². The molecule has 1 aliphatic carbocycles. The lowest BCUT2D eigenvalue weighted by atomic mass is 9.85. The Morgan fingerprint density at radius 2 is 2.28 bits per heavy atom. The minimum absolute atomic E-state index is 0.235. The van der Waals surface area contributed by atoms with Gasteiger partial charge in [-0.3, -0.25) is 0 Å². The summed E-state index contributed by atoms with van der Waals surface area (Å²) in [5.41, 5.74) is 0. The molecule has 4 heteroatoms. The van der Waals surface area contributed by atoms with Crippen molar-refractivity contribution in [3.05, 3.63) is 22.4 Å².